The van der Waals surface area contributed by atoms with Gasteiger partial charge >= 0.3 is 18.5 Å². The van der Waals surface area contributed by atoms with Crippen LogP contribution in [0.2, 0.25) is 0 Å². The van der Waals surface area contributed by atoms with Crippen molar-refractivity contribution in [2.24, 2.45) is 0 Å². The van der Waals surface area contributed by atoms with Crippen molar-refractivity contribution < 1.29 is 44.3 Å². The zero-order valence-corrected chi connectivity index (χ0v) is 21.8. The third-order valence-electron chi connectivity index (χ3n) is 7.33. The summed E-state index contributed by atoms with van der Waals surface area (Å²) in [5, 5.41) is 3.79. The maximum Gasteiger partial charge on any atom is 0.435 e. The Kier molecular flexibility index (Phi) is 7.91. The van der Waals surface area contributed by atoms with Gasteiger partial charge in [-0.2, -0.15) is 44.6 Å². The van der Waals surface area contributed by atoms with Gasteiger partial charge in [-0.3, -0.25) is 0 Å². The highest BCUT2D eigenvalue weighted by Crippen LogP contribution is 2.37. The monoisotopic (exact) mass is 608 g/mol. The van der Waals surface area contributed by atoms with Crippen LogP contribution in [0.5, 0.6) is 5.88 Å². The predicted molar refractivity (Wildman–Crippen MR) is 132 cm³/mol. The minimum atomic E-state index is -4.70. The number of ether oxygens (including phenoxy) is 1. The van der Waals surface area contributed by atoms with Crippen molar-refractivity contribution in [3.8, 4) is 5.88 Å². The summed E-state index contributed by atoms with van der Waals surface area (Å²) in [4.78, 5) is 11.3. The maximum absolute atomic E-state index is 13.6. The van der Waals surface area contributed by atoms with E-state index >= 15 is 0 Å². The molecule has 0 aliphatic carbocycles. The van der Waals surface area contributed by atoms with Gasteiger partial charge in [-0.05, 0) is 37.1 Å². The number of aromatic nitrogens is 4. The van der Waals surface area contributed by atoms with Crippen LogP contribution in [0.1, 0.15) is 48.5 Å². The molecule has 5 rings (SSSR count). The Balaban J connectivity index is 1.23. The Labute approximate surface area is 233 Å². The van der Waals surface area contributed by atoms with Crippen LogP contribution < -0.4 is 14.5 Å². The molecule has 2 aliphatic heterocycles. The van der Waals surface area contributed by atoms with E-state index in [1.54, 1.807) is 9.80 Å². The summed E-state index contributed by atoms with van der Waals surface area (Å²) in [6, 6.07) is 4.83. The fourth-order valence-corrected chi connectivity index (χ4v) is 5.06. The van der Waals surface area contributed by atoms with Crippen LogP contribution in [-0.2, 0) is 18.5 Å². The second-order valence-corrected chi connectivity index (χ2v) is 10.1. The fourth-order valence-electron chi connectivity index (χ4n) is 5.06. The number of halogens is 9. The summed E-state index contributed by atoms with van der Waals surface area (Å²) in [6.07, 6.45) is -11.2. The topological polar surface area (TPSA) is 59.3 Å². The van der Waals surface area contributed by atoms with Crippen molar-refractivity contribution in [3.63, 3.8) is 0 Å². The summed E-state index contributed by atoms with van der Waals surface area (Å²) in [5.41, 5.74) is -2.84. The quantitative estimate of drug-likeness (QED) is 0.304. The van der Waals surface area contributed by atoms with Crippen molar-refractivity contribution in [2.45, 2.75) is 56.4 Å². The maximum atomic E-state index is 13.6. The van der Waals surface area contributed by atoms with Crippen LogP contribution in [0.15, 0.2) is 42.7 Å². The van der Waals surface area contributed by atoms with Crippen molar-refractivity contribution in [1.29, 1.82) is 0 Å². The molecule has 0 spiro atoms. The molecule has 5 heterocycles. The molecule has 0 radical (unpaired) electrons. The first-order chi connectivity index (χ1) is 19.7. The van der Waals surface area contributed by atoms with Crippen molar-refractivity contribution in [2.75, 3.05) is 36.0 Å². The van der Waals surface area contributed by atoms with Crippen molar-refractivity contribution in [3.05, 3.63) is 59.5 Å². The summed E-state index contributed by atoms with van der Waals surface area (Å²) < 4.78 is 125. The molecule has 7 nitrogen and oxygen atoms in total. The van der Waals surface area contributed by atoms with Crippen LogP contribution in [0.3, 0.4) is 0 Å². The largest absolute Gasteiger partial charge is 0.474 e. The minimum Gasteiger partial charge on any atom is -0.474 e. The minimum absolute atomic E-state index is 0.0421. The lowest BCUT2D eigenvalue weighted by molar-refractivity contribution is -0.141. The highest BCUT2D eigenvalue weighted by Gasteiger charge is 2.38. The predicted octanol–water partition coefficient (Wildman–Crippen LogP) is 6.62. The van der Waals surface area contributed by atoms with Crippen LogP contribution >= 0.6 is 0 Å². The van der Waals surface area contributed by atoms with E-state index in [1.807, 2.05) is 0 Å². The molecule has 0 atom stereocenters. The molecule has 2 fully saturated rings. The van der Waals surface area contributed by atoms with E-state index in [0.717, 1.165) is 30.6 Å². The van der Waals surface area contributed by atoms with E-state index in [0.29, 0.717) is 63.5 Å². The van der Waals surface area contributed by atoms with Gasteiger partial charge in [-0.15, -0.1) is 0 Å². The van der Waals surface area contributed by atoms with Crippen LogP contribution in [0, 0.1) is 0 Å². The standard InChI is InChI=1S/C26H25F9N6O/c27-24(28,29)16-1-3-21(36-14-16)39-9-5-18(6-10-39)41-23(13-20(38-41)26(33,34)35)42-19-7-11-40(12-8-19)22-4-2-17(15-37-22)25(30,31)32/h1-4,13-15,18-19H,5-12H2. The van der Waals surface area contributed by atoms with E-state index in [1.165, 1.54) is 16.8 Å². The molecule has 228 valence electrons. The SMILES string of the molecule is FC(F)(F)c1ccc(N2CCC(Oc3cc(C(F)(F)F)nn3C3CCN(c4ccc(C(F)(F)F)cn4)CC3)CC2)nc1. The van der Waals surface area contributed by atoms with E-state index in [2.05, 4.69) is 15.1 Å². The Morgan fingerprint density at radius 1 is 0.643 bits per heavy atom. The zero-order valence-electron chi connectivity index (χ0n) is 21.8. The van der Waals surface area contributed by atoms with Gasteiger partial charge in [0.1, 0.15) is 17.7 Å². The molecule has 2 saturated heterocycles. The molecule has 3 aromatic heterocycles. The summed E-state index contributed by atoms with van der Waals surface area (Å²) in [5.74, 6) is 0.656. The molecular weight excluding hydrogens is 583 g/mol. The third kappa shape index (κ3) is 6.67. The van der Waals surface area contributed by atoms with E-state index in [-0.39, 0.29) is 5.88 Å². The molecule has 0 saturated carbocycles. The lowest BCUT2D eigenvalue weighted by Gasteiger charge is -2.35. The fraction of sp³-hybridized carbons (Fsp3) is 0.500. The number of piperidine rings is 2. The number of pyridine rings is 2. The Bertz CT molecular complexity index is 1340. The average Bonchev–Trinajstić information content (AvgIpc) is 3.37. The van der Waals surface area contributed by atoms with Crippen LogP contribution in [0.25, 0.3) is 0 Å². The highest BCUT2D eigenvalue weighted by atomic mass is 19.4. The first kappa shape index (κ1) is 29.8. The number of hydrogen-bond acceptors (Lipinski definition) is 6. The molecule has 2 aliphatic rings. The van der Waals surface area contributed by atoms with Crippen molar-refractivity contribution in [1.82, 2.24) is 19.7 Å². The summed E-state index contributed by atoms with van der Waals surface area (Å²) >= 11 is 0. The summed E-state index contributed by atoms with van der Waals surface area (Å²) in [7, 11) is 0. The molecule has 0 bridgehead atoms. The van der Waals surface area contributed by atoms with E-state index < -0.39 is 47.5 Å². The number of anilines is 2. The first-order valence-electron chi connectivity index (χ1n) is 13.1. The van der Waals surface area contributed by atoms with Crippen LogP contribution in [0.4, 0.5) is 51.1 Å². The first-order valence-corrected chi connectivity index (χ1v) is 13.1. The normalized spacial score (nSPS) is 18.0. The second kappa shape index (κ2) is 11.2. The molecule has 42 heavy (non-hydrogen) atoms. The number of alkyl halides is 9. The molecule has 0 amide bonds. The number of rotatable bonds is 5. The lowest BCUT2D eigenvalue weighted by atomic mass is 10.1. The summed E-state index contributed by atoms with van der Waals surface area (Å²) in [6.45, 7) is 1.42. The van der Waals surface area contributed by atoms with Crippen LogP contribution in [-0.4, -0.2) is 52.0 Å². The molecule has 3 aromatic rings. The van der Waals surface area contributed by atoms with Gasteiger partial charge < -0.3 is 14.5 Å². The van der Waals surface area contributed by atoms with Gasteiger partial charge in [0.2, 0.25) is 5.88 Å². The highest BCUT2D eigenvalue weighted by molar-refractivity contribution is 5.41. The molecule has 0 aromatic carbocycles. The zero-order chi connectivity index (χ0) is 30.3. The number of nitrogens with zero attached hydrogens (tertiary/aromatic N) is 6. The molecule has 0 unspecified atom stereocenters. The second-order valence-electron chi connectivity index (χ2n) is 10.1. The smallest absolute Gasteiger partial charge is 0.435 e. The average molecular weight is 609 g/mol. The molecular formula is C26H25F9N6O. The van der Waals surface area contributed by atoms with Gasteiger partial charge in [0, 0.05) is 57.5 Å². The van der Waals surface area contributed by atoms with Gasteiger partial charge in [0.15, 0.2) is 5.69 Å². The van der Waals surface area contributed by atoms with E-state index in [9.17, 15) is 39.5 Å². The Morgan fingerprint density at radius 2 is 1.12 bits per heavy atom. The van der Waals surface area contributed by atoms with Gasteiger partial charge in [-0.1, -0.05) is 0 Å². The number of hydrogen-bond donors (Lipinski definition) is 0. The third-order valence-corrected chi connectivity index (χ3v) is 7.33. The van der Waals surface area contributed by atoms with Crippen molar-refractivity contribution >= 4 is 11.6 Å². The Morgan fingerprint density at radius 3 is 1.52 bits per heavy atom. The molecule has 16 heteroatoms. The van der Waals surface area contributed by atoms with E-state index in [4.69, 9.17) is 4.74 Å². The Hall–Kier alpha value is -3.72. The molecule has 0 N–H and O–H groups in total. The van der Waals surface area contributed by atoms with Gasteiger partial charge in [-0.25, -0.2) is 14.6 Å². The van der Waals surface area contributed by atoms with Gasteiger partial charge in [0.05, 0.1) is 17.2 Å². The lowest BCUT2D eigenvalue weighted by Crippen LogP contribution is -2.39. The van der Waals surface area contributed by atoms with Gasteiger partial charge in [0.25, 0.3) is 0 Å².